The number of rotatable bonds is 7. The highest BCUT2D eigenvalue weighted by molar-refractivity contribution is 5.96. The minimum Gasteiger partial charge on any atom is -0.496 e. The van der Waals surface area contributed by atoms with Crippen LogP contribution in [-0.4, -0.2) is 32.1 Å². The number of para-hydroxylation sites is 2. The van der Waals surface area contributed by atoms with Crippen LogP contribution in [0.15, 0.2) is 60.7 Å². The van der Waals surface area contributed by atoms with Gasteiger partial charge in [-0.1, -0.05) is 36.4 Å². The maximum Gasteiger partial charge on any atom is 0.331 e. The molecule has 5 heteroatoms. The molecular formula is C20H21NO4. The Morgan fingerprint density at radius 2 is 1.72 bits per heavy atom. The molecule has 0 aromatic heterocycles. The largest absolute Gasteiger partial charge is 0.496 e. The number of methoxy groups -OCH3 is 1. The summed E-state index contributed by atoms with van der Waals surface area (Å²) in [6.07, 6.45) is 2.88. The van der Waals surface area contributed by atoms with Crippen LogP contribution in [0, 0.1) is 0 Å². The number of carbonyl (C=O) groups excluding carboxylic acids is 2. The second-order valence-corrected chi connectivity index (χ2v) is 5.16. The predicted octanol–water partition coefficient (Wildman–Crippen LogP) is 3.30. The Kier molecular flexibility index (Phi) is 6.77. The maximum absolute atomic E-state index is 12.3. The van der Waals surface area contributed by atoms with Gasteiger partial charge in [-0.15, -0.1) is 0 Å². The summed E-state index contributed by atoms with van der Waals surface area (Å²) in [5, 5.41) is 0. The fourth-order valence-electron chi connectivity index (χ4n) is 2.33. The van der Waals surface area contributed by atoms with Crippen LogP contribution in [-0.2, 0) is 14.3 Å². The van der Waals surface area contributed by atoms with Crippen molar-refractivity contribution in [3.8, 4) is 5.75 Å². The van der Waals surface area contributed by atoms with Crippen LogP contribution in [0.25, 0.3) is 6.08 Å². The summed E-state index contributed by atoms with van der Waals surface area (Å²) in [7, 11) is 1.56. The smallest absolute Gasteiger partial charge is 0.331 e. The molecule has 0 N–H and O–H groups in total. The van der Waals surface area contributed by atoms with Crippen molar-refractivity contribution in [3.05, 3.63) is 66.2 Å². The summed E-state index contributed by atoms with van der Waals surface area (Å²) in [4.78, 5) is 25.7. The van der Waals surface area contributed by atoms with Gasteiger partial charge in [-0.25, -0.2) is 4.79 Å². The number of esters is 1. The van der Waals surface area contributed by atoms with Crippen molar-refractivity contribution in [2.24, 2.45) is 0 Å². The summed E-state index contributed by atoms with van der Waals surface area (Å²) < 4.78 is 10.3. The van der Waals surface area contributed by atoms with E-state index in [0.717, 1.165) is 11.3 Å². The molecule has 1 amide bonds. The molecule has 5 nitrogen and oxygen atoms in total. The van der Waals surface area contributed by atoms with E-state index in [1.807, 2.05) is 55.5 Å². The van der Waals surface area contributed by atoms with E-state index < -0.39 is 5.97 Å². The van der Waals surface area contributed by atoms with Crippen LogP contribution < -0.4 is 9.64 Å². The minimum atomic E-state index is -0.580. The second kappa shape index (κ2) is 9.27. The summed E-state index contributed by atoms with van der Waals surface area (Å²) >= 11 is 0. The van der Waals surface area contributed by atoms with Crippen molar-refractivity contribution >= 4 is 23.6 Å². The van der Waals surface area contributed by atoms with Gasteiger partial charge in [-0.05, 0) is 31.2 Å². The average Bonchev–Trinajstić information content (AvgIpc) is 2.66. The molecule has 2 rings (SSSR count). The molecule has 130 valence electrons. The van der Waals surface area contributed by atoms with Gasteiger partial charge >= 0.3 is 5.97 Å². The predicted molar refractivity (Wildman–Crippen MR) is 97.5 cm³/mol. The molecule has 25 heavy (non-hydrogen) atoms. The van der Waals surface area contributed by atoms with Crippen LogP contribution in [0.1, 0.15) is 12.5 Å². The number of hydrogen-bond acceptors (Lipinski definition) is 4. The molecule has 0 fully saturated rings. The summed E-state index contributed by atoms with van der Waals surface area (Å²) in [5.41, 5.74) is 1.53. The normalized spacial score (nSPS) is 10.5. The van der Waals surface area contributed by atoms with E-state index >= 15 is 0 Å². The number of ether oxygens (including phenoxy) is 2. The SMILES string of the molecule is CCN(C(=O)COC(=O)C=Cc1ccccc1OC)c1ccccc1. The number of carbonyl (C=O) groups is 2. The molecule has 0 radical (unpaired) electrons. The third-order valence-corrected chi connectivity index (χ3v) is 3.56. The van der Waals surface area contributed by atoms with Crippen LogP contribution in [0.5, 0.6) is 5.75 Å². The van der Waals surface area contributed by atoms with Crippen molar-refractivity contribution in [2.45, 2.75) is 6.92 Å². The van der Waals surface area contributed by atoms with Crippen LogP contribution in [0.2, 0.25) is 0 Å². The first-order chi connectivity index (χ1) is 12.2. The van der Waals surface area contributed by atoms with E-state index in [-0.39, 0.29) is 12.5 Å². The van der Waals surface area contributed by atoms with E-state index in [4.69, 9.17) is 9.47 Å². The first kappa shape index (κ1) is 18.3. The molecule has 0 spiro atoms. The highest BCUT2D eigenvalue weighted by Gasteiger charge is 2.15. The number of anilines is 1. The number of nitrogens with zero attached hydrogens (tertiary/aromatic N) is 1. The summed E-state index contributed by atoms with van der Waals surface area (Å²) in [5.74, 6) is -0.194. The molecule has 0 bridgehead atoms. The van der Waals surface area contributed by atoms with Crippen LogP contribution in [0.3, 0.4) is 0 Å². The van der Waals surface area contributed by atoms with Crippen molar-refractivity contribution in [2.75, 3.05) is 25.2 Å². The number of hydrogen-bond donors (Lipinski definition) is 0. The lowest BCUT2D eigenvalue weighted by Gasteiger charge is -2.20. The first-order valence-electron chi connectivity index (χ1n) is 7.99. The van der Waals surface area contributed by atoms with Gasteiger partial charge in [0, 0.05) is 23.9 Å². The zero-order valence-corrected chi connectivity index (χ0v) is 14.3. The molecule has 0 atom stereocenters. The van der Waals surface area contributed by atoms with Gasteiger partial charge in [-0.3, -0.25) is 4.79 Å². The van der Waals surface area contributed by atoms with Gasteiger partial charge in [0.1, 0.15) is 5.75 Å². The third kappa shape index (κ3) is 5.21. The summed E-state index contributed by atoms with van der Waals surface area (Å²) in [6, 6.07) is 16.6. The number of amides is 1. The zero-order valence-electron chi connectivity index (χ0n) is 14.3. The fourth-order valence-corrected chi connectivity index (χ4v) is 2.33. The van der Waals surface area contributed by atoms with Gasteiger partial charge < -0.3 is 14.4 Å². The van der Waals surface area contributed by atoms with E-state index in [2.05, 4.69) is 0 Å². The summed E-state index contributed by atoms with van der Waals surface area (Å²) in [6.45, 7) is 2.06. The Balaban J connectivity index is 1.92. The molecular weight excluding hydrogens is 318 g/mol. The lowest BCUT2D eigenvalue weighted by molar-refractivity contribution is -0.142. The minimum absolute atomic E-state index is 0.271. The highest BCUT2D eigenvalue weighted by atomic mass is 16.5. The lowest BCUT2D eigenvalue weighted by Crippen LogP contribution is -2.34. The third-order valence-electron chi connectivity index (χ3n) is 3.56. The fraction of sp³-hybridized carbons (Fsp3) is 0.200. The second-order valence-electron chi connectivity index (χ2n) is 5.16. The molecule has 0 aliphatic rings. The monoisotopic (exact) mass is 339 g/mol. The first-order valence-corrected chi connectivity index (χ1v) is 7.99. The Hall–Kier alpha value is -3.08. The van der Waals surface area contributed by atoms with Gasteiger partial charge in [0.2, 0.25) is 0 Å². The van der Waals surface area contributed by atoms with Crippen molar-refractivity contribution in [1.29, 1.82) is 0 Å². The molecule has 0 saturated carbocycles. The molecule has 0 unspecified atom stereocenters. The van der Waals surface area contributed by atoms with Crippen molar-refractivity contribution in [3.63, 3.8) is 0 Å². The highest BCUT2D eigenvalue weighted by Crippen LogP contribution is 2.18. The maximum atomic E-state index is 12.3. The van der Waals surface area contributed by atoms with Crippen LogP contribution >= 0.6 is 0 Å². The Morgan fingerprint density at radius 3 is 2.40 bits per heavy atom. The lowest BCUT2D eigenvalue weighted by atomic mass is 10.2. The van der Waals surface area contributed by atoms with Gasteiger partial charge in [0.05, 0.1) is 7.11 Å². The van der Waals surface area contributed by atoms with Crippen molar-refractivity contribution < 1.29 is 19.1 Å². The molecule has 0 aliphatic heterocycles. The van der Waals surface area contributed by atoms with Crippen LogP contribution in [0.4, 0.5) is 5.69 Å². The number of benzene rings is 2. The molecule has 2 aromatic carbocycles. The van der Waals surface area contributed by atoms with E-state index in [1.165, 1.54) is 6.08 Å². The standard InChI is InChI=1S/C20H21NO4/c1-3-21(17-10-5-4-6-11-17)19(22)15-25-20(23)14-13-16-9-7-8-12-18(16)24-2/h4-14H,3,15H2,1-2H3. The van der Waals surface area contributed by atoms with E-state index in [1.54, 1.807) is 24.2 Å². The molecule has 0 saturated heterocycles. The van der Waals surface area contributed by atoms with Gasteiger partial charge in [-0.2, -0.15) is 0 Å². The zero-order chi connectivity index (χ0) is 18.1. The van der Waals surface area contributed by atoms with Gasteiger partial charge in [0.15, 0.2) is 6.61 Å². The van der Waals surface area contributed by atoms with E-state index in [0.29, 0.717) is 12.3 Å². The van der Waals surface area contributed by atoms with E-state index in [9.17, 15) is 9.59 Å². The average molecular weight is 339 g/mol. The Bertz CT molecular complexity index is 740. The topological polar surface area (TPSA) is 55.8 Å². The Labute approximate surface area is 147 Å². The molecule has 2 aromatic rings. The quantitative estimate of drug-likeness (QED) is 0.574. The molecule has 0 aliphatic carbocycles. The Morgan fingerprint density at radius 1 is 1.04 bits per heavy atom. The number of likely N-dealkylation sites (N-methyl/N-ethyl adjacent to an activating group) is 1. The molecule has 0 heterocycles. The van der Waals surface area contributed by atoms with Crippen molar-refractivity contribution in [1.82, 2.24) is 0 Å². The van der Waals surface area contributed by atoms with Gasteiger partial charge in [0.25, 0.3) is 5.91 Å².